The summed E-state index contributed by atoms with van der Waals surface area (Å²) in [5, 5.41) is 4.43. The van der Waals surface area contributed by atoms with Crippen molar-refractivity contribution in [2.45, 2.75) is 6.92 Å². The molecule has 1 heterocycles. The van der Waals surface area contributed by atoms with Crippen molar-refractivity contribution in [1.29, 1.82) is 0 Å². The number of benzene rings is 1. The van der Waals surface area contributed by atoms with Crippen LogP contribution in [0.15, 0.2) is 29.6 Å². The lowest BCUT2D eigenvalue weighted by atomic mass is 10.1. The maximum atomic E-state index is 12.2. The molecular weight excluding hydrogens is 276 g/mol. The van der Waals surface area contributed by atoms with Gasteiger partial charge >= 0.3 is 5.97 Å². The number of esters is 1. The summed E-state index contributed by atoms with van der Waals surface area (Å²) in [6.45, 7) is 1.81. The van der Waals surface area contributed by atoms with E-state index in [0.717, 1.165) is 5.56 Å². The standard InChI is InChI=1S/C14H14N2O3S/c1-8-7-9(15)3-4-10(8)13(17)16-11-5-6-20-12(11)14(18)19-2/h3-7H,15H2,1-2H3,(H,16,17). The van der Waals surface area contributed by atoms with Crippen LogP contribution in [0.1, 0.15) is 25.6 Å². The lowest BCUT2D eigenvalue weighted by molar-refractivity contribution is 0.0607. The third-order valence-corrected chi connectivity index (χ3v) is 3.67. The number of carbonyl (C=O) groups excluding carboxylic acids is 2. The Kier molecular flexibility index (Phi) is 4.05. The fraction of sp³-hybridized carbons (Fsp3) is 0.143. The van der Waals surface area contributed by atoms with E-state index in [1.807, 2.05) is 0 Å². The molecule has 0 radical (unpaired) electrons. The SMILES string of the molecule is COC(=O)c1sccc1NC(=O)c1ccc(N)cc1C. The van der Waals surface area contributed by atoms with Crippen molar-refractivity contribution in [1.82, 2.24) is 0 Å². The molecule has 0 unspecified atom stereocenters. The van der Waals surface area contributed by atoms with Crippen LogP contribution in [0.2, 0.25) is 0 Å². The minimum atomic E-state index is -0.468. The van der Waals surface area contributed by atoms with E-state index in [1.54, 1.807) is 36.6 Å². The Morgan fingerprint density at radius 2 is 2.05 bits per heavy atom. The maximum Gasteiger partial charge on any atom is 0.350 e. The Balaban J connectivity index is 2.24. The molecule has 0 aliphatic heterocycles. The topological polar surface area (TPSA) is 81.4 Å². The molecule has 6 heteroatoms. The number of thiophene rings is 1. The van der Waals surface area contributed by atoms with E-state index >= 15 is 0 Å². The number of ether oxygens (including phenoxy) is 1. The molecule has 2 aromatic rings. The van der Waals surface area contributed by atoms with Gasteiger partial charge in [-0.2, -0.15) is 0 Å². The zero-order chi connectivity index (χ0) is 14.7. The highest BCUT2D eigenvalue weighted by Crippen LogP contribution is 2.24. The van der Waals surface area contributed by atoms with E-state index in [0.29, 0.717) is 21.8 Å². The molecule has 3 N–H and O–H groups in total. The molecule has 0 spiro atoms. The molecule has 0 atom stereocenters. The zero-order valence-corrected chi connectivity index (χ0v) is 11.9. The number of hydrogen-bond donors (Lipinski definition) is 2. The van der Waals surface area contributed by atoms with Gasteiger partial charge in [-0.05, 0) is 42.1 Å². The summed E-state index contributed by atoms with van der Waals surface area (Å²) >= 11 is 1.22. The summed E-state index contributed by atoms with van der Waals surface area (Å²) in [7, 11) is 1.30. The molecule has 0 fully saturated rings. The molecule has 5 nitrogen and oxygen atoms in total. The van der Waals surface area contributed by atoms with Crippen LogP contribution in [0.25, 0.3) is 0 Å². The van der Waals surface area contributed by atoms with Crippen LogP contribution in [-0.2, 0) is 4.74 Å². The third-order valence-electron chi connectivity index (χ3n) is 2.78. The van der Waals surface area contributed by atoms with Gasteiger partial charge in [0, 0.05) is 11.3 Å². The Morgan fingerprint density at radius 1 is 1.30 bits per heavy atom. The fourth-order valence-electron chi connectivity index (χ4n) is 1.79. The number of aryl methyl sites for hydroxylation is 1. The number of amides is 1. The summed E-state index contributed by atoms with van der Waals surface area (Å²) in [6.07, 6.45) is 0. The molecule has 0 aliphatic rings. The van der Waals surface area contributed by atoms with Crippen LogP contribution >= 0.6 is 11.3 Å². The minimum absolute atomic E-state index is 0.286. The Bertz CT molecular complexity index is 664. The van der Waals surface area contributed by atoms with Crippen molar-refractivity contribution in [3.05, 3.63) is 45.6 Å². The van der Waals surface area contributed by atoms with Gasteiger partial charge in [-0.1, -0.05) is 0 Å². The van der Waals surface area contributed by atoms with Crippen molar-refractivity contribution < 1.29 is 14.3 Å². The molecule has 0 saturated heterocycles. The highest BCUT2D eigenvalue weighted by Gasteiger charge is 2.17. The average Bonchev–Trinajstić information content (AvgIpc) is 2.85. The number of anilines is 2. The first-order valence-corrected chi connectivity index (χ1v) is 6.74. The zero-order valence-electron chi connectivity index (χ0n) is 11.1. The molecule has 104 valence electrons. The number of methoxy groups -OCH3 is 1. The Morgan fingerprint density at radius 3 is 2.70 bits per heavy atom. The van der Waals surface area contributed by atoms with E-state index in [9.17, 15) is 9.59 Å². The van der Waals surface area contributed by atoms with Crippen LogP contribution in [0, 0.1) is 6.92 Å². The summed E-state index contributed by atoms with van der Waals surface area (Å²) in [4.78, 5) is 24.1. The van der Waals surface area contributed by atoms with E-state index in [4.69, 9.17) is 5.73 Å². The molecule has 1 aromatic heterocycles. The first-order valence-electron chi connectivity index (χ1n) is 5.86. The van der Waals surface area contributed by atoms with Crippen molar-refractivity contribution in [3.8, 4) is 0 Å². The molecule has 20 heavy (non-hydrogen) atoms. The van der Waals surface area contributed by atoms with E-state index in [1.165, 1.54) is 18.4 Å². The predicted octanol–water partition coefficient (Wildman–Crippen LogP) is 2.68. The number of hydrogen-bond acceptors (Lipinski definition) is 5. The first-order chi connectivity index (χ1) is 9.52. The summed E-state index contributed by atoms with van der Waals surface area (Å²) in [5.74, 6) is -0.754. The van der Waals surface area contributed by atoms with E-state index in [-0.39, 0.29) is 5.91 Å². The van der Waals surface area contributed by atoms with Gasteiger partial charge in [0.15, 0.2) is 0 Å². The Hall–Kier alpha value is -2.34. The quantitative estimate of drug-likeness (QED) is 0.672. The number of nitrogen functional groups attached to an aromatic ring is 1. The normalized spacial score (nSPS) is 10.1. The molecule has 0 saturated carbocycles. The number of nitrogens with one attached hydrogen (secondary N) is 1. The van der Waals surface area contributed by atoms with E-state index in [2.05, 4.69) is 10.1 Å². The van der Waals surface area contributed by atoms with Crippen molar-refractivity contribution in [2.24, 2.45) is 0 Å². The highest BCUT2D eigenvalue weighted by atomic mass is 32.1. The van der Waals surface area contributed by atoms with Gasteiger partial charge in [0.2, 0.25) is 0 Å². The maximum absolute atomic E-state index is 12.2. The van der Waals surface area contributed by atoms with Crippen molar-refractivity contribution in [3.63, 3.8) is 0 Å². The number of rotatable bonds is 3. The summed E-state index contributed by atoms with van der Waals surface area (Å²) in [5.41, 5.74) is 7.99. The summed E-state index contributed by atoms with van der Waals surface area (Å²) < 4.78 is 4.67. The molecule has 1 amide bonds. The van der Waals surface area contributed by atoms with Crippen LogP contribution in [-0.4, -0.2) is 19.0 Å². The Labute approximate surface area is 120 Å². The second kappa shape index (κ2) is 5.75. The lowest BCUT2D eigenvalue weighted by Crippen LogP contribution is -2.15. The van der Waals surface area contributed by atoms with Gasteiger partial charge in [-0.15, -0.1) is 11.3 Å². The van der Waals surface area contributed by atoms with Crippen LogP contribution in [0.4, 0.5) is 11.4 Å². The van der Waals surface area contributed by atoms with Crippen molar-refractivity contribution in [2.75, 3.05) is 18.2 Å². The molecule has 2 rings (SSSR count). The monoisotopic (exact) mass is 290 g/mol. The van der Waals surface area contributed by atoms with Crippen LogP contribution < -0.4 is 11.1 Å². The number of nitrogens with two attached hydrogens (primary N) is 1. The van der Waals surface area contributed by atoms with Gasteiger partial charge < -0.3 is 15.8 Å². The summed E-state index contributed by atoms with van der Waals surface area (Å²) in [6, 6.07) is 6.71. The average molecular weight is 290 g/mol. The molecular formula is C14H14N2O3S. The lowest BCUT2D eigenvalue weighted by Gasteiger charge is -2.08. The van der Waals surface area contributed by atoms with Gasteiger partial charge in [0.1, 0.15) is 4.88 Å². The van der Waals surface area contributed by atoms with Gasteiger partial charge in [-0.25, -0.2) is 4.79 Å². The largest absolute Gasteiger partial charge is 0.465 e. The number of carbonyl (C=O) groups is 2. The van der Waals surface area contributed by atoms with Crippen LogP contribution in [0.5, 0.6) is 0 Å². The highest BCUT2D eigenvalue weighted by molar-refractivity contribution is 7.12. The first kappa shape index (κ1) is 14.1. The van der Waals surface area contributed by atoms with E-state index < -0.39 is 5.97 Å². The van der Waals surface area contributed by atoms with Crippen LogP contribution in [0.3, 0.4) is 0 Å². The molecule has 1 aromatic carbocycles. The van der Waals surface area contributed by atoms with Crippen molar-refractivity contribution >= 4 is 34.6 Å². The molecule has 0 aliphatic carbocycles. The smallest absolute Gasteiger partial charge is 0.350 e. The van der Waals surface area contributed by atoms with Gasteiger partial charge in [0.25, 0.3) is 5.91 Å². The van der Waals surface area contributed by atoms with Gasteiger partial charge in [0.05, 0.1) is 12.8 Å². The van der Waals surface area contributed by atoms with Gasteiger partial charge in [-0.3, -0.25) is 4.79 Å². The second-order valence-electron chi connectivity index (χ2n) is 4.18. The third kappa shape index (κ3) is 2.80. The molecule has 0 bridgehead atoms. The fourth-order valence-corrected chi connectivity index (χ4v) is 2.56. The predicted molar refractivity (Wildman–Crippen MR) is 79.2 cm³/mol. The second-order valence-corrected chi connectivity index (χ2v) is 5.10. The minimum Gasteiger partial charge on any atom is -0.465 e.